The van der Waals surface area contributed by atoms with Crippen LogP contribution in [-0.4, -0.2) is 58.4 Å². The Morgan fingerprint density at radius 1 is 1.10 bits per heavy atom. The standard InChI is InChI=1S/C28H33N9O5/c1-16(2)37-23-18(25(39)36(37)15-41-5)11-12-21(31-23)32-27-29-13-19(24-34-35-26(42-24)28(3,4)40)22(33-27)30-20(14-38)17-9-7-6-8-10-17/h6-13,16,20,38,40H,14-15H2,1-5H3,(H2,29,30,31,32,33)/t20-/m1/s1. The molecule has 0 spiro atoms. The van der Waals surface area contributed by atoms with Gasteiger partial charge in [0.05, 0.1) is 23.6 Å². The van der Waals surface area contributed by atoms with Gasteiger partial charge in [-0.2, -0.15) is 4.98 Å². The third kappa shape index (κ3) is 5.72. The van der Waals surface area contributed by atoms with E-state index in [0.717, 1.165) is 5.56 Å². The highest BCUT2D eigenvalue weighted by Crippen LogP contribution is 2.31. The summed E-state index contributed by atoms with van der Waals surface area (Å²) in [6, 6.07) is 12.2. The summed E-state index contributed by atoms with van der Waals surface area (Å²) >= 11 is 0. The molecule has 0 aliphatic rings. The largest absolute Gasteiger partial charge is 0.417 e. The number of pyridine rings is 1. The topological polar surface area (TPSA) is 178 Å². The number of nitrogens with zero attached hydrogens (tertiary/aromatic N) is 7. The zero-order valence-corrected chi connectivity index (χ0v) is 23.9. The van der Waals surface area contributed by atoms with E-state index in [1.54, 1.807) is 16.8 Å². The lowest BCUT2D eigenvalue weighted by Crippen LogP contribution is -2.25. The van der Waals surface area contributed by atoms with Crippen molar-refractivity contribution in [3.8, 4) is 11.5 Å². The Kier molecular flexibility index (Phi) is 8.02. The van der Waals surface area contributed by atoms with Gasteiger partial charge in [0.2, 0.25) is 11.8 Å². The first kappa shape index (κ1) is 28.9. The number of aromatic nitrogens is 7. The zero-order chi connectivity index (χ0) is 30.0. The lowest BCUT2D eigenvalue weighted by atomic mass is 10.1. The third-order valence-corrected chi connectivity index (χ3v) is 6.46. The maximum atomic E-state index is 13.0. The number of methoxy groups -OCH3 is 1. The molecular formula is C28H33N9O5. The number of rotatable bonds is 11. The number of nitrogens with one attached hydrogen (secondary N) is 2. The fourth-order valence-corrected chi connectivity index (χ4v) is 4.46. The molecule has 4 heterocycles. The first-order valence-corrected chi connectivity index (χ1v) is 13.3. The van der Waals surface area contributed by atoms with Crippen molar-refractivity contribution in [3.63, 3.8) is 0 Å². The predicted octanol–water partition coefficient (Wildman–Crippen LogP) is 3.34. The first-order valence-electron chi connectivity index (χ1n) is 13.3. The average Bonchev–Trinajstić information content (AvgIpc) is 3.56. The number of hydrogen-bond acceptors (Lipinski definition) is 12. The summed E-state index contributed by atoms with van der Waals surface area (Å²) < 4.78 is 14.3. The van der Waals surface area contributed by atoms with Gasteiger partial charge in [0.15, 0.2) is 5.65 Å². The lowest BCUT2D eigenvalue weighted by Gasteiger charge is -2.19. The molecule has 14 heteroatoms. The summed E-state index contributed by atoms with van der Waals surface area (Å²) in [4.78, 5) is 26.7. The minimum atomic E-state index is -1.35. The Labute approximate surface area is 241 Å². The smallest absolute Gasteiger partial charge is 0.278 e. The molecular weight excluding hydrogens is 542 g/mol. The molecule has 1 aromatic carbocycles. The molecule has 1 atom stereocenters. The van der Waals surface area contributed by atoms with E-state index in [4.69, 9.17) is 9.15 Å². The van der Waals surface area contributed by atoms with Crippen molar-refractivity contribution in [2.24, 2.45) is 0 Å². The number of fused-ring (bicyclic) bond motifs is 1. The molecule has 0 fully saturated rings. The molecule has 4 aromatic heterocycles. The van der Waals surface area contributed by atoms with Crippen molar-refractivity contribution >= 4 is 28.6 Å². The van der Waals surface area contributed by atoms with Crippen molar-refractivity contribution in [3.05, 3.63) is 70.5 Å². The molecule has 0 amide bonds. The van der Waals surface area contributed by atoms with E-state index < -0.39 is 11.6 Å². The first-order chi connectivity index (χ1) is 20.1. The number of aliphatic hydroxyl groups is 2. The van der Waals surface area contributed by atoms with E-state index in [-0.39, 0.29) is 42.7 Å². The molecule has 0 aliphatic heterocycles. The Hall–Kier alpha value is -4.66. The van der Waals surface area contributed by atoms with Gasteiger partial charge in [0, 0.05) is 19.3 Å². The molecule has 0 saturated heterocycles. The Bertz CT molecular complexity index is 1740. The van der Waals surface area contributed by atoms with Crippen LogP contribution >= 0.6 is 0 Å². The second-order valence-corrected chi connectivity index (χ2v) is 10.5. The van der Waals surface area contributed by atoms with Crippen molar-refractivity contribution in [1.29, 1.82) is 0 Å². The van der Waals surface area contributed by atoms with Gasteiger partial charge in [-0.25, -0.2) is 14.6 Å². The molecule has 0 saturated carbocycles. The molecule has 4 N–H and O–H groups in total. The Morgan fingerprint density at radius 2 is 1.86 bits per heavy atom. The van der Waals surface area contributed by atoms with E-state index in [1.807, 2.05) is 44.2 Å². The van der Waals surface area contributed by atoms with E-state index >= 15 is 0 Å². The quantitative estimate of drug-likeness (QED) is 0.181. The van der Waals surface area contributed by atoms with Crippen molar-refractivity contribution < 1.29 is 19.4 Å². The van der Waals surface area contributed by atoms with E-state index in [2.05, 4.69) is 35.8 Å². The summed E-state index contributed by atoms with van der Waals surface area (Å²) in [6.07, 6.45) is 1.50. The molecule has 220 valence electrons. The van der Waals surface area contributed by atoms with Gasteiger partial charge in [-0.05, 0) is 45.4 Å². The average molecular weight is 576 g/mol. The molecule has 0 aliphatic carbocycles. The van der Waals surface area contributed by atoms with Gasteiger partial charge in [-0.15, -0.1) is 10.2 Å². The molecule has 0 radical (unpaired) electrons. The minimum Gasteiger partial charge on any atom is -0.417 e. The second kappa shape index (κ2) is 11.7. The van der Waals surface area contributed by atoms with Gasteiger partial charge >= 0.3 is 0 Å². The molecule has 0 bridgehead atoms. The summed E-state index contributed by atoms with van der Waals surface area (Å²) in [5.41, 5.74) is 0.143. The number of ether oxygens (including phenoxy) is 1. The Morgan fingerprint density at radius 3 is 2.50 bits per heavy atom. The van der Waals surface area contributed by atoms with Crippen molar-refractivity contribution in [1.82, 2.24) is 34.5 Å². The van der Waals surface area contributed by atoms with Gasteiger partial charge in [-0.3, -0.25) is 9.48 Å². The van der Waals surface area contributed by atoms with Crippen molar-refractivity contribution in [2.45, 2.75) is 52.1 Å². The summed E-state index contributed by atoms with van der Waals surface area (Å²) in [7, 11) is 1.53. The van der Waals surface area contributed by atoms with Crippen LogP contribution in [0.25, 0.3) is 22.5 Å². The van der Waals surface area contributed by atoms with Crippen molar-refractivity contribution in [2.75, 3.05) is 24.4 Å². The number of anilines is 3. The Balaban J connectivity index is 1.55. The highest BCUT2D eigenvalue weighted by atomic mass is 16.5. The molecule has 5 rings (SSSR count). The van der Waals surface area contributed by atoms with E-state index in [9.17, 15) is 15.0 Å². The molecule has 0 unspecified atom stereocenters. The minimum absolute atomic E-state index is 0.0292. The van der Waals surface area contributed by atoms with Gasteiger partial charge < -0.3 is 30.0 Å². The fraction of sp³-hybridized carbons (Fsp3) is 0.357. The fourth-order valence-electron chi connectivity index (χ4n) is 4.46. The predicted molar refractivity (Wildman–Crippen MR) is 155 cm³/mol. The number of hydrogen-bond donors (Lipinski definition) is 4. The van der Waals surface area contributed by atoms with Crippen LogP contribution in [0.2, 0.25) is 0 Å². The summed E-state index contributed by atoms with van der Waals surface area (Å²) in [5.74, 6) is 1.02. The normalized spacial score (nSPS) is 12.7. The second-order valence-electron chi connectivity index (χ2n) is 10.5. The monoisotopic (exact) mass is 575 g/mol. The van der Waals surface area contributed by atoms with E-state index in [1.165, 1.54) is 31.8 Å². The lowest BCUT2D eigenvalue weighted by molar-refractivity contribution is 0.0488. The van der Waals surface area contributed by atoms with Crippen LogP contribution in [-0.2, 0) is 17.1 Å². The summed E-state index contributed by atoms with van der Waals surface area (Å²) in [5, 5.41) is 35.4. The zero-order valence-electron chi connectivity index (χ0n) is 23.9. The van der Waals surface area contributed by atoms with Crippen LogP contribution in [0, 0.1) is 0 Å². The van der Waals surface area contributed by atoms with Gasteiger partial charge in [0.25, 0.3) is 11.4 Å². The maximum absolute atomic E-state index is 13.0. The number of aliphatic hydroxyl groups excluding tert-OH is 1. The maximum Gasteiger partial charge on any atom is 0.278 e. The molecule has 14 nitrogen and oxygen atoms in total. The highest BCUT2D eigenvalue weighted by Gasteiger charge is 2.26. The highest BCUT2D eigenvalue weighted by molar-refractivity contribution is 5.77. The molecule has 42 heavy (non-hydrogen) atoms. The SMILES string of the molecule is COCn1c(=O)c2ccc(Nc3ncc(-c4nnc(C(C)(C)O)o4)c(N[C@H](CO)c4ccccc4)n3)nc2n1C(C)C. The van der Waals surface area contributed by atoms with Crippen LogP contribution in [0.1, 0.15) is 51.2 Å². The van der Waals surface area contributed by atoms with Crippen LogP contribution in [0.4, 0.5) is 17.6 Å². The van der Waals surface area contributed by atoms with Crippen LogP contribution in [0.3, 0.4) is 0 Å². The molecule has 5 aromatic rings. The van der Waals surface area contributed by atoms with Gasteiger partial charge in [0.1, 0.15) is 24.0 Å². The van der Waals surface area contributed by atoms with Crippen LogP contribution in [0.15, 0.2) is 57.9 Å². The van der Waals surface area contributed by atoms with Crippen LogP contribution < -0.4 is 16.2 Å². The number of benzene rings is 1. The van der Waals surface area contributed by atoms with E-state index in [0.29, 0.717) is 28.2 Å². The van der Waals surface area contributed by atoms with Crippen LogP contribution in [0.5, 0.6) is 0 Å². The summed E-state index contributed by atoms with van der Waals surface area (Å²) in [6.45, 7) is 6.86. The third-order valence-electron chi connectivity index (χ3n) is 6.46. The van der Waals surface area contributed by atoms with Gasteiger partial charge in [-0.1, -0.05) is 30.3 Å².